The smallest absolute Gasteiger partial charge is 0.327 e. The van der Waals surface area contributed by atoms with E-state index >= 15 is 0 Å². The van der Waals surface area contributed by atoms with Crippen LogP contribution in [0.15, 0.2) is 12.2 Å². The maximum Gasteiger partial charge on any atom is 0.327 e. The zero-order valence-electron chi connectivity index (χ0n) is 4.30. The number of carboxylic acid groups (broad SMARTS) is 1. The first-order valence-corrected chi connectivity index (χ1v) is 2.23. The predicted molar refractivity (Wildman–Crippen MR) is 27.4 cm³/mol. The molecule has 0 bridgehead atoms. The molecule has 0 aromatic rings. The van der Waals surface area contributed by atoms with Crippen molar-refractivity contribution >= 4 is 5.97 Å². The Balaban J connectivity index is 3.20. The van der Waals surface area contributed by atoms with Crippen LogP contribution in [0.3, 0.4) is 0 Å². The Morgan fingerprint density at radius 1 is 1.75 bits per heavy atom. The largest absolute Gasteiger partial charge is 0.478 e. The summed E-state index contributed by atoms with van der Waals surface area (Å²) >= 11 is 0. The molecule has 2 nitrogen and oxygen atoms in total. The summed E-state index contributed by atoms with van der Waals surface area (Å²) < 4.78 is 11.2. The molecule has 8 heavy (non-hydrogen) atoms. The van der Waals surface area contributed by atoms with Crippen LogP contribution in [0.1, 0.15) is 6.42 Å². The lowest BCUT2D eigenvalue weighted by atomic mass is 10.4. The summed E-state index contributed by atoms with van der Waals surface area (Å²) in [5.41, 5.74) is 0. The number of carboxylic acids is 1. The van der Waals surface area contributed by atoms with Gasteiger partial charge in [0.05, 0.1) is 6.67 Å². The van der Waals surface area contributed by atoms with E-state index < -0.39 is 12.6 Å². The van der Waals surface area contributed by atoms with E-state index in [2.05, 4.69) is 0 Å². The van der Waals surface area contributed by atoms with Gasteiger partial charge in [-0.05, 0) is 6.42 Å². The highest BCUT2D eigenvalue weighted by atomic mass is 19.1. The summed E-state index contributed by atoms with van der Waals surface area (Å²) in [6, 6.07) is 0. The molecule has 0 atom stereocenters. The average Bonchev–Trinajstić information content (AvgIpc) is 1.66. The van der Waals surface area contributed by atoms with Gasteiger partial charge in [-0.2, -0.15) is 0 Å². The summed E-state index contributed by atoms with van der Waals surface area (Å²) in [7, 11) is 0. The van der Waals surface area contributed by atoms with Crippen molar-refractivity contribution in [1.29, 1.82) is 0 Å². The van der Waals surface area contributed by atoms with Crippen molar-refractivity contribution in [1.82, 2.24) is 0 Å². The first-order valence-electron chi connectivity index (χ1n) is 2.23. The summed E-state index contributed by atoms with van der Waals surface area (Å²) in [5, 5.41) is 7.93. The van der Waals surface area contributed by atoms with Crippen LogP contribution in [0.4, 0.5) is 4.39 Å². The minimum atomic E-state index is -1.03. The fourth-order valence-electron chi connectivity index (χ4n) is 0.247. The van der Waals surface area contributed by atoms with Crippen molar-refractivity contribution in [2.45, 2.75) is 6.42 Å². The van der Waals surface area contributed by atoms with Gasteiger partial charge in [-0.25, -0.2) is 4.79 Å². The van der Waals surface area contributed by atoms with E-state index in [0.717, 1.165) is 6.08 Å². The molecule has 0 saturated heterocycles. The van der Waals surface area contributed by atoms with Crippen molar-refractivity contribution in [2.24, 2.45) is 0 Å². The molecule has 46 valence electrons. The van der Waals surface area contributed by atoms with Gasteiger partial charge in [0.15, 0.2) is 0 Å². The van der Waals surface area contributed by atoms with Crippen LogP contribution in [-0.4, -0.2) is 17.8 Å². The van der Waals surface area contributed by atoms with E-state index in [4.69, 9.17) is 5.11 Å². The first-order chi connectivity index (χ1) is 3.77. The van der Waals surface area contributed by atoms with Gasteiger partial charge >= 0.3 is 5.97 Å². The van der Waals surface area contributed by atoms with Crippen molar-refractivity contribution in [2.75, 3.05) is 6.67 Å². The predicted octanol–water partition coefficient (Wildman–Crippen LogP) is 0.987. The first kappa shape index (κ1) is 7.14. The fourth-order valence-corrected chi connectivity index (χ4v) is 0.247. The normalized spacial score (nSPS) is 10.1. The molecule has 3 heteroatoms. The Bertz CT molecular complexity index is 98.6. The minimum absolute atomic E-state index is 0.187. The molecule has 0 rings (SSSR count). The lowest BCUT2D eigenvalue weighted by Crippen LogP contribution is -1.85. The van der Waals surface area contributed by atoms with Gasteiger partial charge in [-0.3, -0.25) is 4.39 Å². The molecule has 0 saturated carbocycles. The van der Waals surface area contributed by atoms with Crippen molar-refractivity contribution in [3.05, 3.63) is 12.2 Å². The Hall–Kier alpha value is -0.860. The Labute approximate surface area is 46.6 Å². The van der Waals surface area contributed by atoms with Crippen molar-refractivity contribution < 1.29 is 14.3 Å². The van der Waals surface area contributed by atoms with Gasteiger partial charge in [-0.1, -0.05) is 6.08 Å². The van der Waals surface area contributed by atoms with E-state index in [1.165, 1.54) is 6.08 Å². The van der Waals surface area contributed by atoms with Crippen LogP contribution < -0.4 is 0 Å². The molecule has 0 spiro atoms. The number of hydrogen-bond donors (Lipinski definition) is 1. The third-order valence-corrected chi connectivity index (χ3v) is 0.536. The molecule has 0 aliphatic heterocycles. The molecule has 0 amide bonds. The Kier molecular flexibility index (Phi) is 3.84. The summed E-state index contributed by atoms with van der Waals surface area (Å²) in [4.78, 5) is 9.66. The maximum absolute atomic E-state index is 11.2. The van der Waals surface area contributed by atoms with E-state index in [-0.39, 0.29) is 6.42 Å². The molecule has 0 aromatic heterocycles. The van der Waals surface area contributed by atoms with Crippen LogP contribution in [0.5, 0.6) is 0 Å². The van der Waals surface area contributed by atoms with E-state index in [9.17, 15) is 9.18 Å². The topological polar surface area (TPSA) is 37.3 Å². The van der Waals surface area contributed by atoms with Crippen LogP contribution in [0.25, 0.3) is 0 Å². The number of allylic oxidation sites excluding steroid dienone is 1. The molecule has 0 aromatic carbocycles. The second-order valence-corrected chi connectivity index (χ2v) is 1.22. The molecular formula is C5H7FO2. The molecular weight excluding hydrogens is 111 g/mol. The molecule has 0 radical (unpaired) electrons. The fraction of sp³-hybridized carbons (Fsp3) is 0.400. The summed E-state index contributed by atoms with van der Waals surface area (Å²) in [6.45, 7) is -0.496. The monoisotopic (exact) mass is 118 g/mol. The lowest BCUT2D eigenvalue weighted by Gasteiger charge is -1.77. The molecule has 0 aliphatic carbocycles. The van der Waals surface area contributed by atoms with Crippen LogP contribution >= 0.6 is 0 Å². The number of hydrogen-bond acceptors (Lipinski definition) is 1. The quantitative estimate of drug-likeness (QED) is 0.561. The minimum Gasteiger partial charge on any atom is -0.478 e. The summed E-state index contributed by atoms with van der Waals surface area (Å²) in [5.74, 6) is -1.03. The Morgan fingerprint density at radius 3 is 2.75 bits per heavy atom. The molecule has 0 heterocycles. The van der Waals surface area contributed by atoms with E-state index in [1.807, 2.05) is 0 Å². The van der Waals surface area contributed by atoms with Crippen LogP contribution in [0.2, 0.25) is 0 Å². The van der Waals surface area contributed by atoms with Gasteiger partial charge in [0, 0.05) is 6.08 Å². The zero-order chi connectivity index (χ0) is 6.41. The van der Waals surface area contributed by atoms with Crippen molar-refractivity contribution in [3.8, 4) is 0 Å². The zero-order valence-corrected chi connectivity index (χ0v) is 4.30. The highest BCUT2D eigenvalue weighted by Crippen LogP contribution is 1.82. The van der Waals surface area contributed by atoms with Crippen LogP contribution in [0, 0.1) is 0 Å². The highest BCUT2D eigenvalue weighted by Gasteiger charge is 1.82. The third kappa shape index (κ3) is 5.14. The van der Waals surface area contributed by atoms with Gasteiger partial charge in [0.25, 0.3) is 0 Å². The van der Waals surface area contributed by atoms with Gasteiger partial charge < -0.3 is 5.11 Å². The number of carbonyl (C=O) groups is 1. The summed E-state index contributed by atoms with van der Waals surface area (Å²) in [6.07, 6.45) is 2.40. The van der Waals surface area contributed by atoms with E-state index in [1.54, 1.807) is 0 Å². The molecule has 0 unspecified atom stereocenters. The third-order valence-electron chi connectivity index (χ3n) is 0.536. The van der Waals surface area contributed by atoms with E-state index in [0.29, 0.717) is 0 Å². The number of rotatable bonds is 3. The lowest BCUT2D eigenvalue weighted by molar-refractivity contribution is -0.131. The van der Waals surface area contributed by atoms with Gasteiger partial charge in [-0.15, -0.1) is 0 Å². The average molecular weight is 118 g/mol. The van der Waals surface area contributed by atoms with Gasteiger partial charge in [0.2, 0.25) is 0 Å². The van der Waals surface area contributed by atoms with Gasteiger partial charge in [0.1, 0.15) is 0 Å². The SMILES string of the molecule is O=C(O)C=CCCF. The van der Waals surface area contributed by atoms with Crippen molar-refractivity contribution in [3.63, 3.8) is 0 Å². The number of aliphatic carboxylic acids is 1. The standard InChI is InChI=1S/C5H7FO2/c6-4-2-1-3-5(7)8/h1,3H,2,4H2,(H,7,8). The number of halogens is 1. The molecule has 1 N–H and O–H groups in total. The molecule has 0 fully saturated rings. The Morgan fingerprint density at radius 2 is 2.38 bits per heavy atom. The number of alkyl halides is 1. The molecule has 0 aliphatic rings. The highest BCUT2D eigenvalue weighted by molar-refractivity contribution is 5.79. The maximum atomic E-state index is 11.2. The second-order valence-electron chi connectivity index (χ2n) is 1.22. The van der Waals surface area contributed by atoms with Crippen LogP contribution in [-0.2, 0) is 4.79 Å². The second kappa shape index (κ2) is 4.30.